The van der Waals surface area contributed by atoms with E-state index >= 15 is 0 Å². The zero-order valence-electron chi connectivity index (χ0n) is 19.5. The summed E-state index contributed by atoms with van der Waals surface area (Å²) < 4.78 is 42.1. The molecular formula is C25H23FN4O5S. The zero-order valence-corrected chi connectivity index (χ0v) is 20.3. The van der Waals surface area contributed by atoms with E-state index in [4.69, 9.17) is 5.73 Å². The summed E-state index contributed by atoms with van der Waals surface area (Å²) in [5.41, 5.74) is 6.54. The summed E-state index contributed by atoms with van der Waals surface area (Å²) in [6.07, 6.45) is 2.92. The lowest BCUT2D eigenvalue weighted by Crippen LogP contribution is -2.32. The summed E-state index contributed by atoms with van der Waals surface area (Å²) in [4.78, 5) is 40.4. The minimum absolute atomic E-state index is 0.0460. The lowest BCUT2D eigenvalue weighted by Gasteiger charge is -2.13. The number of rotatable bonds is 7. The molecule has 2 aromatic heterocycles. The molecule has 4 N–H and O–H groups in total. The van der Waals surface area contributed by atoms with Crippen LogP contribution in [0.3, 0.4) is 0 Å². The van der Waals surface area contributed by atoms with Gasteiger partial charge in [0.1, 0.15) is 11.5 Å². The van der Waals surface area contributed by atoms with Crippen LogP contribution in [-0.2, 0) is 23.0 Å². The van der Waals surface area contributed by atoms with E-state index in [2.05, 4.69) is 4.98 Å². The molecule has 2 amide bonds. The van der Waals surface area contributed by atoms with E-state index in [1.807, 2.05) is 17.7 Å². The number of hydrogen-bond acceptors (Lipinski definition) is 5. The maximum Gasteiger partial charge on any atom is 0.282 e. The number of nitrogens with two attached hydrogens (primary N) is 1. The van der Waals surface area contributed by atoms with E-state index in [1.165, 1.54) is 29.0 Å². The summed E-state index contributed by atoms with van der Waals surface area (Å²) in [5.74, 6) is -2.40. The minimum atomic E-state index is -3.98. The van der Waals surface area contributed by atoms with Gasteiger partial charge in [0.2, 0.25) is 15.9 Å². The van der Waals surface area contributed by atoms with Gasteiger partial charge in [0, 0.05) is 39.4 Å². The van der Waals surface area contributed by atoms with Crippen molar-refractivity contribution < 1.29 is 22.4 Å². The van der Waals surface area contributed by atoms with Gasteiger partial charge in [-0.15, -0.1) is 0 Å². The summed E-state index contributed by atoms with van der Waals surface area (Å²) in [6, 6.07) is 12.1. The number of aryl methyl sites for hydroxylation is 1. The molecule has 0 fully saturated rings. The molecule has 0 aliphatic carbocycles. The number of H-pyrrole nitrogens is 1. The maximum absolute atomic E-state index is 14.8. The number of nitrogens with one attached hydrogen (secondary N) is 2. The van der Waals surface area contributed by atoms with E-state index in [-0.39, 0.29) is 34.5 Å². The standard InChI is InChI=1S/C25H23FN4O5S/c1-3-14-6-9-20-18(11-14)21(17-5-4-10-28-24(17)32)22(25(33)29-36(2,34)35)30(20)13-16-12-15(23(27)31)7-8-19(16)26/h4-12H,3,13H2,1-2H3,(H2,27,31)(H,28,32)(H,29,33). The molecule has 0 spiro atoms. The van der Waals surface area contributed by atoms with Crippen LogP contribution in [0.4, 0.5) is 4.39 Å². The molecule has 0 unspecified atom stereocenters. The molecule has 0 bridgehead atoms. The third-order valence-corrected chi connectivity index (χ3v) is 6.33. The predicted octanol–water partition coefficient (Wildman–Crippen LogP) is 2.53. The Balaban J connectivity index is 2.10. The van der Waals surface area contributed by atoms with Gasteiger partial charge >= 0.3 is 0 Å². The van der Waals surface area contributed by atoms with Gasteiger partial charge in [-0.25, -0.2) is 17.5 Å². The maximum atomic E-state index is 14.8. The Kier molecular flexibility index (Phi) is 6.51. The SMILES string of the molecule is CCc1ccc2c(c1)c(-c1ccc[nH]c1=O)c(C(=O)NS(C)(=O)=O)n2Cc1cc(C(N)=O)ccc1F. The molecule has 0 aliphatic heterocycles. The highest BCUT2D eigenvalue weighted by Crippen LogP contribution is 2.35. The molecule has 0 atom stereocenters. The second-order valence-electron chi connectivity index (χ2n) is 8.30. The molecule has 4 aromatic rings. The van der Waals surface area contributed by atoms with Crippen molar-refractivity contribution in [2.24, 2.45) is 5.73 Å². The number of pyridine rings is 1. The predicted molar refractivity (Wildman–Crippen MR) is 134 cm³/mol. The van der Waals surface area contributed by atoms with Gasteiger partial charge in [0.15, 0.2) is 0 Å². The molecule has 0 aliphatic rings. The summed E-state index contributed by atoms with van der Waals surface area (Å²) >= 11 is 0. The Labute approximate surface area is 205 Å². The van der Waals surface area contributed by atoms with Crippen molar-refractivity contribution >= 4 is 32.7 Å². The van der Waals surface area contributed by atoms with Crippen molar-refractivity contribution in [2.75, 3.05) is 6.26 Å². The molecule has 9 nitrogen and oxygen atoms in total. The lowest BCUT2D eigenvalue weighted by molar-refractivity contribution is 0.0971. The third-order valence-electron chi connectivity index (χ3n) is 5.78. The van der Waals surface area contributed by atoms with Gasteiger partial charge in [-0.3, -0.25) is 14.4 Å². The number of carbonyl (C=O) groups is 2. The number of aromatic nitrogens is 2. The van der Waals surface area contributed by atoms with Gasteiger partial charge in [-0.1, -0.05) is 13.0 Å². The van der Waals surface area contributed by atoms with Crippen molar-refractivity contribution in [3.63, 3.8) is 0 Å². The Morgan fingerprint density at radius 3 is 2.53 bits per heavy atom. The largest absolute Gasteiger partial charge is 0.366 e. The number of halogens is 1. The quantitative estimate of drug-likeness (QED) is 0.350. The van der Waals surface area contributed by atoms with Crippen LogP contribution in [0.1, 0.15) is 38.9 Å². The molecule has 186 valence electrons. The molecular weight excluding hydrogens is 487 g/mol. The van der Waals surface area contributed by atoms with Crippen molar-refractivity contribution in [1.29, 1.82) is 0 Å². The smallest absolute Gasteiger partial charge is 0.282 e. The first kappa shape index (κ1) is 24.9. The van der Waals surface area contributed by atoms with Gasteiger partial charge in [-0.2, -0.15) is 0 Å². The number of aromatic amines is 1. The molecule has 2 heterocycles. The number of carbonyl (C=O) groups excluding carboxylic acids is 2. The van der Waals surface area contributed by atoms with E-state index in [1.54, 1.807) is 18.2 Å². The molecule has 36 heavy (non-hydrogen) atoms. The normalized spacial score (nSPS) is 11.5. The van der Waals surface area contributed by atoms with Gasteiger partial charge in [0.25, 0.3) is 11.5 Å². The number of sulfonamides is 1. The van der Waals surface area contributed by atoms with Crippen molar-refractivity contribution in [3.8, 4) is 11.1 Å². The zero-order chi connectivity index (χ0) is 26.2. The fraction of sp³-hybridized carbons (Fsp3) is 0.160. The summed E-state index contributed by atoms with van der Waals surface area (Å²) in [7, 11) is -3.98. The van der Waals surface area contributed by atoms with Crippen LogP contribution in [0.25, 0.3) is 22.0 Å². The van der Waals surface area contributed by atoms with E-state index in [0.717, 1.165) is 17.9 Å². The van der Waals surface area contributed by atoms with Crippen molar-refractivity contribution in [1.82, 2.24) is 14.3 Å². The van der Waals surface area contributed by atoms with Crippen LogP contribution >= 0.6 is 0 Å². The number of primary amides is 1. The second-order valence-corrected chi connectivity index (χ2v) is 10.0. The number of hydrogen-bond donors (Lipinski definition) is 3. The van der Waals surface area contributed by atoms with Crippen molar-refractivity contribution in [2.45, 2.75) is 19.9 Å². The molecule has 0 radical (unpaired) electrons. The third kappa shape index (κ3) is 4.78. The minimum Gasteiger partial charge on any atom is -0.366 e. The Morgan fingerprint density at radius 2 is 1.89 bits per heavy atom. The molecule has 0 saturated heterocycles. The van der Waals surface area contributed by atoms with Crippen LogP contribution in [0.2, 0.25) is 0 Å². The first-order chi connectivity index (χ1) is 17.0. The first-order valence-electron chi connectivity index (χ1n) is 10.9. The Hall–Kier alpha value is -4.25. The second kappa shape index (κ2) is 9.42. The highest BCUT2D eigenvalue weighted by Gasteiger charge is 2.28. The van der Waals surface area contributed by atoms with Crippen LogP contribution in [0.15, 0.2) is 59.5 Å². The first-order valence-corrected chi connectivity index (χ1v) is 12.8. The van der Waals surface area contributed by atoms with Crippen LogP contribution < -0.4 is 16.0 Å². The average Bonchev–Trinajstić information content (AvgIpc) is 3.12. The molecule has 2 aromatic carbocycles. The topological polar surface area (TPSA) is 144 Å². The highest BCUT2D eigenvalue weighted by molar-refractivity contribution is 7.89. The van der Waals surface area contributed by atoms with E-state index < -0.39 is 33.2 Å². The van der Waals surface area contributed by atoms with E-state index in [9.17, 15) is 27.2 Å². The number of fused-ring (bicyclic) bond motifs is 1. The monoisotopic (exact) mass is 510 g/mol. The molecule has 11 heteroatoms. The molecule has 4 rings (SSSR count). The lowest BCUT2D eigenvalue weighted by atomic mass is 10.0. The summed E-state index contributed by atoms with van der Waals surface area (Å²) in [5, 5.41) is 0.510. The average molecular weight is 511 g/mol. The van der Waals surface area contributed by atoms with Gasteiger partial charge < -0.3 is 15.3 Å². The van der Waals surface area contributed by atoms with E-state index in [0.29, 0.717) is 17.3 Å². The van der Waals surface area contributed by atoms with Gasteiger partial charge in [-0.05, 0) is 54.4 Å². The van der Waals surface area contributed by atoms with Crippen molar-refractivity contribution in [3.05, 3.63) is 93.3 Å². The Morgan fingerprint density at radius 1 is 1.14 bits per heavy atom. The summed E-state index contributed by atoms with van der Waals surface area (Å²) in [6.45, 7) is 1.70. The van der Waals surface area contributed by atoms with Crippen LogP contribution in [0, 0.1) is 5.82 Å². The fourth-order valence-electron chi connectivity index (χ4n) is 4.15. The highest BCUT2D eigenvalue weighted by atomic mass is 32.2. The fourth-order valence-corrected chi connectivity index (χ4v) is 4.58. The Bertz CT molecular complexity index is 1690. The van der Waals surface area contributed by atoms with Gasteiger partial charge in [0.05, 0.1) is 12.8 Å². The number of benzene rings is 2. The molecule has 0 saturated carbocycles. The number of nitrogens with zero attached hydrogens (tertiary/aromatic N) is 1. The number of amides is 2. The van der Waals surface area contributed by atoms with Crippen LogP contribution in [-0.4, -0.2) is 36.0 Å². The van der Waals surface area contributed by atoms with Crippen LogP contribution in [0.5, 0.6) is 0 Å².